The van der Waals surface area contributed by atoms with Crippen LogP contribution in [0.25, 0.3) is 5.32 Å². The van der Waals surface area contributed by atoms with Crippen molar-refractivity contribution in [3.63, 3.8) is 0 Å². The van der Waals surface area contributed by atoms with Crippen molar-refractivity contribution >= 4 is 22.2 Å². The SMILES string of the molecule is COc1ccc2c(c1)NC(S(=O)Cc1ncc(C)c(OC)c1C)[N-]2.[Na+]. The molecule has 1 aliphatic heterocycles. The molecule has 6 nitrogen and oxygen atoms in total. The zero-order valence-electron chi connectivity index (χ0n) is 15.1. The third kappa shape index (κ3) is 4.11. The Bertz CT molecular complexity index is 801. The van der Waals surface area contributed by atoms with E-state index < -0.39 is 16.3 Å². The van der Waals surface area contributed by atoms with E-state index in [0.29, 0.717) is 5.75 Å². The Labute approximate surface area is 172 Å². The molecule has 128 valence electrons. The number of ether oxygens (including phenoxy) is 2. The summed E-state index contributed by atoms with van der Waals surface area (Å²) in [5.41, 5.74) is 3.79. The van der Waals surface area contributed by atoms with Crippen molar-refractivity contribution in [1.29, 1.82) is 0 Å². The Kier molecular flexibility index (Phi) is 6.73. The fourth-order valence-corrected chi connectivity index (χ4v) is 3.92. The number of aryl methyl sites for hydroxylation is 1. The number of anilines is 1. The Morgan fingerprint density at radius 1 is 1.28 bits per heavy atom. The molecule has 1 aromatic carbocycles. The number of fused-ring (bicyclic) bond motifs is 1. The molecule has 1 aliphatic rings. The molecule has 3 rings (SSSR count). The summed E-state index contributed by atoms with van der Waals surface area (Å²) in [4.78, 5) is 4.41. The summed E-state index contributed by atoms with van der Waals surface area (Å²) < 4.78 is 23.3. The predicted octanol–water partition coefficient (Wildman–Crippen LogP) is 0.383. The molecule has 1 N–H and O–H groups in total. The summed E-state index contributed by atoms with van der Waals surface area (Å²) in [5.74, 6) is 1.85. The summed E-state index contributed by atoms with van der Waals surface area (Å²) in [6.07, 6.45) is 1.75. The van der Waals surface area contributed by atoms with Crippen LogP contribution in [-0.4, -0.2) is 28.9 Å². The van der Waals surface area contributed by atoms with Crippen LogP contribution >= 0.6 is 0 Å². The van der Waals surface area contributed by atoms with Crippen molar-refractivity contribution in [2.75, 3.05) is 19.5 Å². The third-order valence-electron chi connectivity index (χ3n) is 4.02. The normalized spacial score (nSPS) is 16.1. The number of pyridine rings is 1. The fourth-order valence-electron chi connectivity index (χ4n) is 2.72. The van der Waals surface area contributed by atoms with Crippen LogP contribution < -0.4 is 44.3 Å². The first kappa shape index (κ1) is 20.0. The van der Waals surface area contributed by atoms with Gasteiger partial charge in [0.05, 0.1) is 25.7 Å². The second kappa shape index (κ2) is 8.40. The van der Waals surface area contributed by atoms with Gasteiger partial charge in [-0.1, -0.05) is 6.07 Å². The van der Waals surface area contributed by atoms with Crippen molar-refractivity contribution < 1.29 is 43.2 Å². The zero-order chi connectivity index (χ0) is 17.3. The summed E-state index contributed by atoms with van der Waals surface area (Å²) in [7, 11) is 2.00. The molecule has 2 heterocycles. The minimum absolute atomic E-state index is 0. The summed E-state index contributed by atoms with van der Waals surface area (Å²) in [6, 6.07) is 5.55. The average Bonchev–Trinajstić information content (AvgIpc) is 3.01. The Morgan fingerprint density at radius 2 is 2.04 bits per heavy atom. The molecule has 0 spiro atoms. The number of rotatable bonds is 5. The summed E-state index contributed by atoms with van der Waals surface area (Å²) >= 11 is 0. The summed E-state index contributed by atoms with van der Waals surface area (Å²) in [6.45, 7) is 3.88. The molecule has 0 amide bonds. The number of hydrogen-bond donors (Lipinski definition) is 1. The van der Waals surface area contributed by atoms with Crippen LogP contribution in [0.5, 0.6) is 11.5 Å². The minimum Gasteiger partial charge on any atom is -0.653 e. The van der Waals surface area contributed by atoms with Gasteiger partial charge in [-0.25, -0.2) is 0 Å². The molecule has 8 heteroatoms. The fraction of sp³-hybridized carbons (Fsp3) is 0.353. The molecular formula is C17H20N3NaO3S. The molecule has 0 saturated heterocycles. The maximum Gasteiger partial charge on any atom is 1.00 e. The Hall–Kier alpha value is -1.28. The summed E-state index contributed by atoms with van der Waals surface area (Å²) in [5, 5.41) is 7.67. The van der Waals surface area contributed by atoms with Gasteiger partial charge >= 0.3 is 29.6 Å². The van der Waals surface area contributed by atoms with E-state index in [2.05, 4.69) is 15.6 Å². The van der Waals surface area contributed by atoms with Gasteiger partial charge in [0, 0.05) is 45.4 Å². The van der Waals surface area contributed by atoms with Gasteiger partial charge in [-0.05, 0) is 19.9 Å². The first-order valence-corrected chi connectivity index (χ1v) is 8.93. The molecule has 0 aliphatic carbocycles. The third-order valence-corrected chi connectivity index (χ3v) is 5.30. The van der Waals surface area contributed by atoms with Crippen molar-refractivity contribution in [3.05, 3.63) is 46.5 Å². The van der Waals surface area contributed by atoms with Crippen molar-refractivity contribution in [2.45, 2.75) is 25.1 Å². The number of aromatic nitrogens is 1. The number of nitrogens with zero attached hydrogens (tertiary/aromatic N) is 2. The molecule has 0 saturated carbocycles. The number of methoxy groups -OCH3 is 2. The van der Waals surface area contributed by atoms with Crippen LogP contribution in [0, 0.1) is 13.8 Å². The standard InChI is InChI=1S/C17H20N3O3S.Na/c1-10-8-18-15(11(2)16(10)23-4)9-24(21)17-19-13-6-5-12(22-3)7-14(13)20-17;/h5-8,17,20H,9H2,1-4H3;/q-1;+1. The molecule has 0 radical (unpaired) electrons. The first-order valence-electron chi connectivity index (χ1n) is 7.55. The van der Waals surface area contributed by atoms with Gasteiger partial charge in [-0.3, -0.25) is 9.19 Å². The van der Waals surface area contributed by atoms with Crippen LogP contribution in [0.4, 0.5) is 11.4 Å². The topological polar surface area (TPSA) is 74.6 Å². The van der Waals surface area contributed by atoms with Gasteiger partial charge in [0.15, 0.2) is 0 Å². The van der Waals surface area contributed by atoms with E-state index >= 15 is 0 Å². The molecule has 2 aromatic rings. The Morgan fingerprint density at radius 3 is 2.72 bits per heavy atom. The van der Waals surface area contributed by atoms with E-state index in [1.165, 1.54) is 0 Å². The van der Waals surface area contributed by atoms with Gasteiger partial charge in [0.2, 0.25) is 0 Å². The maximum absolute atomic E-state index is 12.7. The number of hydrogen-bond acceptors (Lipinski definition) is 5. The second-order valence-corrected chi connectivity index (χ2v) is 7.08. The smallest absolute Gasteiger partial charge is 0.653 e. The molecule has 1 aromatic heterocycles. The molecule has 2 unspecified atom stereocenters. The van der Waals surface area contributed by atoms with Crippen molar-refractivity contribution in [2.24, 2.45) is 0 Å². The van der Waals surface area contributed by atoms with Gasteiger partial charge in [-0.2, -0.15) is 0 Å². The van der Waals surface area contributed by atoms with Crippen molar-refractivity contribution in [3.8, 4) is 11.5 Å². The van der Waals surface area contributed by atoms with Crippen LogP contribution in [0.15, 0.2) is 24.4 Å². The number of benzene rings is 1. The van der Waals surface area contributed by atoms with Crippen molar-refractivity contribution in [1.82, 2.24) is 4.98 Å². The van der Waals surface area contributed by atoms with Gasteiger partial charge in [-0.15, -0.1) is 5.69 Å². The van der Waals surface area contributed by atoms with Crippen LogP contribution in [-0.2, 0) is 16.6 Å². The predicted molar refractivity (Wildman–Crippen MR) is 95.5 cm³/mol. The van der Waals surface area contributed by atoms with E-state index in [9.17, 15) is 4.21 Å². The van der Waals surface area contributed by atoms with E-state index in [-0.39, 0.29) is 29.6 Å². The van der Waals surface area contributed by atoms with Crippen LogP contribution in [0.1, 0.15) is 16.8 Å². The molecule has 0 bridgehead atoms. The van der Waals surface area contributed by atoms with E-state index in [1.54, 1.807) is 20.4 Å². The molecule has 2 atom stereocenters. The number of nitrogens with one attached hydrogen (secondary N) is 1. The molecule has 25 heavy (non-hydrogen) atoms. The van der Waals surface area contributed by atoms with Crippen LogP contribution in [0.2, 0.25) is 0 Å². The van der Waals surface area contributed by atoms with Gasteiger partial charge in [0.25, 0.3) is 0 Å². The van der Waals surface area contributed by atoms with E-state index in [0.717, 1.165) is 39.7 Å². The van der Waals surface area contributed by atoms with Gasteiger partial charge < -0.3 is 20.1 Å². The quantitative estimate of drug-likeness (QED) is 0.772. The zero-order valence-corrected chi connectivity index (χ0v) is 17.9. The monoisotopic (exact) mass is 369 g/mol. The Balaban J connectivity index is 0.00000225. The maximum atomic E-state index is 12.7. The minimum atomic E-state index is -1.24. The average molecular weight is 369 g/mol. The first-order chi connectivity index (χ1) is 11.5. The van der Waals surface area contributed by atoms with E-state index in [1.807, 2.05) is 32.0 Å². The van der Waals surface area contributed by atoms with Crippen LogP contribution in [0.3, 0.4) is 0 Å². The molecule has 0 fully saturated rings. The largest absolute Gasteiger partial charge is 1.00 e. The molecular weight excluding hydrogens is 349 g/mol. The second-order valence-electron chi connectivity index (χ2n) is 5.58. The van der Waals surface area contributed by atoms with E-state index in [4.69, 9.17) is 9.47 Å². The van der Waals surface area contributed by atoms with Gasteiger partial charge in [0.1, 0.15) is 11.5 Å².